The van der Waals surface area contributed by atoms with Gasteiger partial charge in [0.1, 0.15) is 5.76 Å². The monoisotopic (exact) mass is 297 g/mol. The quantitative estimate of drug-likeness (QED) is 0.643. The molecule has 2 aromatic rings. The van der Waals surface area contributed by atoms with Crippen LogP contribution in [0.5, 0.6) is 0 Å². The Kier molecular flexibility index (Phi) is 4.56. The largest absolute Gasteiger partial charge is 0.511 e. The molecule has 1 aliphatic rings. The van der Waals surface area contributed by atoms with E-state index in [2.05, 4.69) is 42.0 Å². The fourth-order valence-corrected chi connectivity index (χ4v) is 3.49. The van der Waals surface area contributed by atoms with Crippen molar-refractivity contribution in [3.63, 3.8) is 0 Å². The van der Waals surface area contributed by atoms with E-state index in [1.54, 1.807) is 0 Å². The summed E-state index contributed by atoms with van der Waals surface area (Å²) in [6, 6.07) is 9.01. The molecule has 2 heteroatoms. The molecule has 1 aromatic carbocycles. The third-order valence-corrected chi connectivity index (χ3v) is 4.85. The fraction of sp³-hybridized carbons (Fsp3) is 0.500. The summed E-state index contributed by atoms with van der Waals surface area (Å²) in [5, 5.41) is 11.2. The smallest absolute Gasteiger partial charge is 0.108 e. The minimum atomic E-state index is 0.456. The zero-order chi connectivity index (χ0) is 15.5. The van der Waals surface area contributed by atoms with Crippen molar-refractivity contribution in [3.8, 4) is 0 Å². The zero-order valence-electron chi connectivity index (χ0n) is 13.8. The summed E-state index contributed by atoms with van der Waals surface area (Å²) in [7, 11) is 0. The highest BCUT2D eigenvalue weighted by molar-refractivity contribution is 5.81. The molecule has 2 nitrogen and oxygen atoms in total. The second-order valence-corrected chi connectivity index (χ2v) is 6.61. The molecule has 0 spiro atoms. The van der Waals surface area contributed by atoms with Gasteiger partial charge in [-0.25, -0.2) is 0 Å². The zero-order valence-corrected chi connectivity index (χ0v) is 13.8. The van der Waals surface area contributed by atoms with Crippen molar-refractivity contribution in [1.82, 2.24) is 4.57 Å². The number of aromatic nitrogens is 1. The molecular weight excluding hydrogens is 270 g/mol. The lowest BCUT2D eigenvalue weighted by atomic mass is 10.0. The third-order valence-electron chi connectivity index (χ3n) is 4.85. The lowest BCUT2D eigenvalue weighted by molar-refractivity contribution is 0.375. The third kappa shape index (κ3) is 3.21. The summed E-state index contributed by atoms with van der Waals surface area (Å²) in [6.07, 6.45) is 10.2. The number of aliphatic hydroxyl groups excluding tert-OH is 1. The van der Waals surface area contributed by atoms with Crippen molar-refractivity contribution in [2.45, 2.75) is 58.4 Å². The number of allylic oxidation sites excluding steroid dienone is 2. The molecule has 22 heavy (non-hydrogen) atoms. The average molecular weight is 297 g/mol. The summed E-state index contributed by atoms with van der Waals surface area (Å²) in [4.78, 5) is 0. The summed E-state index contributed by atoms with van der Waals surface area (Å²) in [5.41, 5.74) is 2.72. The molecule has 2 atom stereocenters. The molecule has 2 unspecified atom stereocenters. The highest BCUT2D eigenvalue weighted by Crippen LogP contribution is 2.50. The van der Waals surface area contributed by atoms with E-state index in [1.165, 1.54) is 42.1 Å². The minimum Gasteiger partial charge on any atom is -0.511 e. The van der Waals surface area contributed by atoms with E-state index in [0.29, 0.717) is 12.3 Å². The minimum absolute atomic E-state index is 0.456. The lowest BCUT2D eigenvalue weighted by Gasteiger charge is -2.07. The molecule has 0 saturated heterocycles. The Morgan fingerprint density at radius 3 is 2.95 bits per heavy atom. The first-order valence-corrected chi connectivity index (χ1v) is 8.69. The van der Waals surface area contributed by atoms with Crippen molar-refractivity contribution in [1.29, 1.82) is 0 Å². The van der Waals surface area contributed by atoms with Crippen molar-refractivity contribution >= 4 is 10.9 Å². The number of hydrogen-bond donors (Lipinski definition) is 1. The normalized spacial score (nSPS) is 21.5. The number of nitrogens with zero attached hydrogens (tertiary/aromatic N) is 1. The first kappa shape index (κ1) is 15.2. The summed E-state index contributed by atoms with van der Waals surface area (Å²) >= 11 is 0. The van der Waals surface area contributed by atoms with Crippen LogP contribution in [0.15, 0.2) is 42.3 Å². The summed E-state index contributed by atoms with van der Waals surface area (Å²) in [5.74, 6) is 2.12. The molecular formula is C20H27NO. The van der Waals surface area contributed by atoms with Crippen LogP contribution in [-0.4, -0.2) is 9.67 Å². The van der Waals surface area contributed by atoms with Crippen LogP contribution in [0.4, 0.5) is 0 Å². The van der Waals surface area contributed by atoms with E-state index >= 15 is 0 Å². The molecule has 3 rings (SSSR count). The summed E-state index contributed by atoms with van der Waals surface area (Å²) in [6.45, 7) is 4.89. The van der Waals surface area contributed by atoms with Gasteiger partial charge in [0.25, 0.3) is 0 Å². The molecule has 0 radical (unpaired) electrons. The Labute approximate surface area is 133 Å². The maximum absolute atomic E-state index is 9.95. The first-order valence-electron chi connectivity index (χ1n) is 8.69. The van der Waals surface area contributed by atoms with Crippen LogP contribution in [0.1, 0.15) is 57.4 Å². The Morgan fingerprint density at radius 1 is 1.32 bits per heavy atom. The number of fused-ring (bicyclic) bond motifs is 1. The van der Waals surface area contributed by atoms with Gasteiger partial charge in [0.2, 0.25) is 0 Å². The fourth-order valence-electron chi connectivity index (χ4n) is 3.49. The number of benzene rings is 1. The standard InChI is InChI=1S/C20H27NO/c1-3-5-7-16-12-19(16)17-9-8-15-10-11-21(20(15)13-17)14-18(22)6-4-2/h6,8-11,13,16,19,22H,3-5,7,12,14H2,1-2H3/b18-6+. The van der Waals surface area contributed by atoms with E-state index in [0.717, 1.165) is 18.3 Å². The van der Waals surface area contributed by atoms with E-state index in [-0.39, 0.29) is 0 Å². The highest BCUT2D eigenvalue weighted by Gasteiger charge is 2.37. The molecule has 0 amide bonds. The maximum atomic E-state index is 9.95. The Morgan fingerprint density at radius 2 is 2.18 bits per heavy atom. The van der Waals surface area contributed by atoms with E-state index < -0.39 is 0 Å². The Balaban J connectivity index is 1.79. The van der Waals surface area contributed by atoms with Crippen LogP contribution in [0, 0.1) is 5.92 Å². The molecule has 1 saturated carbocycles. The lowest BCUT2D eigenvalue weighted by Crippen LogP contribution is -1.99. The van der Waals surface area contributed by atoms with E-state index in [1.807, 2.05) is 13.0 Å². The van der Waals surface area contributed by atoms with Gasteiger partial charge in [-0.05, 0) is 60.3 Å². The van der Waals surface area contributed by atoms with Crippen LogP contribution >= 0.6 is 0 Å². The average Bonchev–Trinajstić information content (AvgIpc) is 3.19. The molecule has 0 aliphatic heterocycles. The molecule has 1 fully saturated rings. The van der Waals surface area contributed by atoms with Gasteiger partial charge in [0, 0.05) is 11.7 Å². The molecule has 1 aromatic heterocycles. The topological polar surface area (TPSA) is 25.2 Å². The van der Waals surface area contributed by atoms with Gasteiger partial charge in [0.15, 0.2) is 0 Å². The van der Waals surface area contributed by atoms with Gasteiger partial charge in [-0.3, -0.25) is 0 Å². The highest BCUT2D eigenvalue weighted by atomic mass is 16.3. The Bertz CT molecular complexity index is 667. The van der Waals surface area contributed by atoms with Gasteiger partial charge in [-0.15, -0.1) is 0 Å². The Hall–Kier alpha value is -1.70. The number of aliphatic hydroxyl groups is 1. The van der Waals surface area contributed by atoms with Gasteiger partial charge in [-0.2, -0.15) is 0 Å². The first-order chi connectivity index (χ1) is 10.7. The predicted molar refractivity (Wildman–Crippen MR) is 93.3 cm³/mol. The van der Waals surface area contributed by atoms with Crippen molar-refractivity contribution in [2.75, 3.05) is 0 Å². The number of rotatable bonds is 7. The van der Waals surface area contributed by atoms with Crippen LogP contribution in [0.2, 0.25) is 0 Å². The van der Waals surface area contributed by atoms with Crippen molar-refractivity contribution < 1.29 is 5.11 Å². The van der Waals surface area contributed by atoms with Crippen LogP contribution in [-0.2, 0) is 6.54 Å². The second kappa shape index (κ2) is 6.60. The number of hydrogen-bond acceptors (Lipinski definition) is 1. The summed E-state index contributed by atoms with van der Waals surface area (Å²) < 4.78 is 2.16. The van der Waals surface area contributed by atoms with Gasteiger partial charge < -0.3 is 9.67 Å². The molecule has 1 heterocycles. The van der Waals surface area contributed by atoms with Gasteiger partial charge >= 0.3 is 0 Å². The van der Waals surface area contributed by atoms with Crippen LogP contribution in [0.3, 0.4) is 0 Å². The molecule has 1 N–H and O–H groups in total. The predicted octanol–water partition coefficient (Wildman–Crippen LogP) is 5.79. The van der Waals surface area contributed by atoms with Crippen LogP contribution in [0.25, 0.3) is 10.9 Å². The maximum Gasteiger partial charge on any atom is 0.108 e. The SMILES string of the molecule is CC/C=C(/O)Cn1ccc2ccc(C3CC3CCCC)cc21. The second-order valence-electron chi connectivity index (χ2n) is 6.61. The molecule has 0 bridgehead atoms. The van der Waals surface area contributed by atoms with Crippen molar-refractivity contribution in [3.05, 3.63) is 47.9 Å². The molecule has 118 valence electrons. The number of unbranched alkanes of at least 4 members (excludes halogenated alkanes) is 1. The van der Waals surface area contributed by atoms with E-state index in [4.69, 9.17) is 0 Å². The van der Waals surface area contributed by atoms with Gasteiger partial charge in [0.05, 0.1) is 6.54 Å². The molecule has 1 aliphatic carbocycles. The van der Waals surface area contributed by atoms with Crippen LogP contribution < -0.4 is 0 Å². The van der Waals surface area contributed by atoms with E-state index in [9.17, 15) is 5.11 Å². The van der Waals surface area contributed by atoms with Gasteiger partial charge in [-0.1, -0.05) is 38.8 Å². The van der Waals surface area contributed by atoms with Crippen molar-refractivity contribution in [2.24, 2.45) is 5.92 Å².